The van der Waals surface area contributed by atoms with Gasteiger partial charge in [-0.1, -0.05) is 18.6 Å². The van der Waals surface area contributed by atoms with E-state index >= 15 is 0 Å². The van der Waals surface area contributed by atoms with Gasteiger partial charge < -0.3 is 15.4 Å². The van der Waals surface area contributed by atoms with Gasteiger partial charge in [0.25, 0.3) is 0 Å². The van der Waals surface area contributed by atoms with E-state index in [9.17, 15) is 22.8 Å². The lowest BCUT2D eigenvalue weighted by atomic mass is 10.2. The molecule has 1 fully saturated rings. The van der Waals surface area contributed by atoms with Crippen LogP contribution < -0.4 is 10.6 Å². The number of amides is 2. The summed E-state index contributed by atoms with van der Waals surface area (Å²) in [5.74, 6) is -2.17. The van der Waals surface area contributed by atoms with Crippen molar-refractivity contribution in [2.24, 2.45) is 0 Å². The first-order chi connectivity index (χ1) is 15.8. The van der Waals surface area contributed by atoms with Crippen LogP contribution in [0.15, 0.2) is 53.4 Å². The summed E-state index contributed by atoms with van der Waals surface area (Å²) in [6.45, 7) is 3.09. The molecule has 0 aliphatic carbocycles. The average molecular weight is 474 g/mol. The highest BCUT2D eigenvalue weighted by Gasteiger charge is 2.25. The summed E-state index contributed by atoms with van der Waals surface area (Å²) in [7, 11) is -3.52. The number of rotatable bonds is 7. The molecule has 2 aromatic rings. The molecule has 1 aliphatic rings. The monoisotopic (exact) mass is 473 g/mol. The van der Waals surface area contributed by atoms with Crippen LogP contribution in [0.25, 0.3) is 0 Å². The minimum absolute atomic E-state index is 0.0676. The van der Waals surface area contributed by atoms with E-state index in [2.05, 4.69) is 10.6 Å². The summed E-state index contributed by atoms with van der Waals surface area (Å²) in [5, 5.41) is 4.96. The van der Waals surface area contributed by atoms with Crippen LogP contribution in [0.3, 0.4) is 0 Å². The lowest BCUT2D eigenvalue weighted by molar-refractivity contribution is -0.136. The van der Waals surface area contributed by atoms with Crippen molar-refractivity contribution < 1.29 is 27.5 Å². The highest BCUT2D eigenvalue weighted by molar-refractivity contribution is 7.89. The summed E-state index contributed by atoms with van der Waals surface area (Å²) in [5.41, 5.74) is 1.35. The maximum Gasteiger partial charge on any atom is 0.338 e. The van der Waals surface area contributed by atoms with Crippen LogP contribution in [0, 0.1) is 0 Å². The number of nitrogens with zero attached hydrogens (tertiary/aromatic N) is 1. The van der Waals surface area contributed by atoms with Crippen molar-refractivity contribution in [2.45, 2.75) is 37.6 Å². The molecule has 2 amide bonds. The molecular formula is C23H27N3O6S. The summed E-state index contributed by atoms with van der Waals surface area (Å²) < 4.78 is 31.8. The van der Waals surface area contributed by atoms with E-state index in [1.165, 1.54) is 40.7 Å². The molecule has 2 aromatic carbocycles. The van der Waals surface area contributed by atoms with E-state index in [1.807, 2.05) is 0 Å². The van der Waals surface area contributed by atoms with E-state index in [4.69, 9.17) is 4.74 Å². The Bertz CT molecular complexity index is 1090. The molecule has 0 radical (unpaired) electrons. The van der Waals surface area contributed by atoms with E-state index in [0.29, 0.717) is 29.9 Å². The SMILES string of the molecule is CCOC(=O)c1ccc(NC(=O)C(=O)NCc2ccc(S(=O)(=O)N3CCCCC3)cc2)cc1. The number of ether oxygens (including phenoxy) is 1. The molecule has 0 aromatic heterocycles. The highest BCUT2D eigenvalue weighted by Crippen LogP contribution is 2.20. The van der Waals surface area contributed by atoms with E-state index in [1.54, 1.807) is 19.1 Å². The number of benzene rings is 2. The molecule has 0 spiro atoms. The molecule has 1 saturated heterocycles. The predicted octanol–water partition coefficient (Wildman–Crippen LogP) is 2.29. The van der Waals surface area contributed by atoms with E-state index < -0.39 is 27.8 Å². The van der Waals surface area contributed by atoms with Gasteiger partial charge in [0.15, 0.2) is 0 Å². The molecular weight excluding hydrogens is 446 g/mol. The minimum atomic E-state index is -3.52. The Labute approximate surface area is 193 Å². The number of carbonyl (C=O) groups excluding carboxylic acids is 3. The molecule has 2 N–H and O–H groups in total. The van der Waals surface area contributed by atoms with Gasteiger partial charge in [-0.3, -0.25) is 9.59 Å². The third-order valence-corrected chi connectivity index (χ3v) is 7.10. The highest BCUT2D eigenvalue weighted by atomic mass is 32.2. The lowest BCUT2D eigenvalue weighted by Crippen LogP contribution is -2.35. The summed E-state index contributed by atoms with van der Waals surface area (Å²) in [6.07, 6.45) is 2.76. The van der Waals surface area contributed by atoms with E-state index in [0.717, 1.165) is 19.3 Å². The Morgan fingerprint density at radius 2 is 1.55 bits per heavy atom. The maximum absolute atomic E-state index is 12.7. The molecule has 0 bridgehead atoms. The molecule has 0 unspecified atom stereocenters. The van der Waals surface area contributed by atoms with Crippen molar-refractivity contribution in [3.63, 3.8) is 0 Å². The first-order valence-corrected chi connectivity index (χ1v) is 12.2. The van der Waals surface area contributed by atoms with E-state index in [-0.39, 0.29) is 18.0 Å². The predicted molar refractivity (Wildman–Crippen MR) is 122 cm³/mol. The Morgan fingerprint density at radius 3 is 2.15 bits per heavy atom. The largest absolute Gasteiger partial charge is 0.462 e. The molecule has 1 aliphatic heterocycles. The van der Waals surface area contributed by atoms with Crippen molar-refractivity contribution in [2.75, 3.05) is 25.0 Å². The van der Waals surface area contributed by atoms with Crippen molar-refractivity contribution in [3.8, 4) is 0 Å². The minimum Gasteiger partial charge on any atom is -0.462 e. The zero-order valence-electron chi connectivity index (χ0n) is 18.4. The van der Waals surface area contributed by atoms with Crippen LogP contribution >= 0.6 is 0 Å². The Hall–Kier alpha value is -3.24. The topological polar surface area (TPSA) is 122 Å². The van der Waals surface area contributed by atoms with Gasteiger partial charge in [-0.25, -0.2) is 13.2 Å². The first-order valence-electron chi connectivity index (χ1n) is 10.8. The average Bonchev–Trinajstić information content (AvgIpc) is 2.84. The van der Waals surface area contributed by atoms with Crippen molar-refractivity contribution in [3.05, 3.63) is 59.7 Å². The zero-order chi connectivity index (χ0) is 23.8. The number of nitrogens with one attached hydrogen (secondary N) is 2. The van der Waals surface area contributed by atoms with Crippen LogP contribution in [0.2, 0.25) is 0 Å². The number of anilines is 1. The third kappa shape index (κ3) is 6.39. The van der Waals surface area contributed by atoms with Gasteiger partial charge in [0.1, 0.15) is 0 Å². The maximum atomic E-state index is 12.7. The number of esters is 1. The number of piperidine rings is 1. The van der Waals surface area contributed by atoms with Crippen LogP contribution in [0.5, 0.6) is 0 Å². The quantitative estimate of drug-likeness (QED) is 0.470. The summed E-state index contributed by atoms with van der Waals surface area (Å²) >= 11 is 0. The Balaban J connectivity index is 1.51. The number of carbonyl (C=O) groups is 3. The zero-order valence-corrected chi connectivity index (χ0v) is 19.2. The normalized spacial score (nSPS) is 14.3. The number of hydrogen-bond donors (Lipinski definition) is 2. The molecule has 0 atom stereocenters. The fourth-order valence-electron chi connectivity index (χ4n) is 3.39. The Kier molecular flexibility index (Phi) is 8.18. The molecule has 0 saturated carbocycles. The fourth-order valence-corrected chi connectivity index (χ4v) is 4.91. The molecule has 33 heavy (non-hydrogen) atoms. The van der Waals surface area contributed by atoms with Gasteiger partial charge >= 0.3 is 17.8 Å². The second-order valence-corrected chi connectivity index (χ2v) is 9.48. The smallest absolute Gasteiger partial charge is 0.338 e. The molecule has 9 nitrogen and oxygen atoms in total. The molecule has 1 heterocycles. The summed E-state index contributed by atoms with van der Waals surface area (Å²) in [6, 6.07) is 12.2. The molecule has 10 heteroatoms. The summed E-state index contributed by atoms with van der Waals surface area (Å²) in [4.78, 5) is 36.1. The molecule has 3 rings (SSSR count). The van der Waals surface area contributed by atoms with Crippen LogP contribution in [-0.2, 0) is 30.9 Å². The van der Waals surface area contributed by atoms with Crippen LogP contribution in [0.1, 0.15) is 42.1 Å². The standard InChI is InChI=1S/C23H27N3O6S/c1-2-32-23(29)18-8-10-19(11-9-18)25-22(28)21(27)24-16-17-6-12-20(13-7-17)33(30,31)26-14-4-3-5-15-26/h6-13H,2-5,14-16H2,1H3,(H,24,27)(H,25,28). The number of hydrogen-bond acceptors (Lipinski definition) is 6. The lowest BCUT2D eigenvalue weighted by Gasteiger charge is -2.25. The second-order valence-electron chi connectivity index (χ2n) is 7.54. The van der Waals surface area contributed by atoms with Gasteiger partial charge in [-0.2, -0.15) is 4.31 Å². The molecule has 176 valence electrons. The van der Waals surface area contributed by atoms with Gasteiger partial charge in [-0.15, -0.1) is 0 Å². The van der Waals surface area contributed by atoms with Crippen LogP contribution in [0.4, 0.5) is 5.69 Å². The number of sulfonamides is 1. The Morgan fingerprint density at radius 1 is 0.909 bits per heavy atom. The fraction of sp³-hybridized carbons (Fsp3) is 0.348. The van der Waals surface area contributed by atoms with Crippen LogP contribution in [-0.4, -0.2) is 50.2 Å². The van der Waals surface area contributed by atoms with Gasteiger partial charge in [0.2, 0.25) is 10.0 Å². The van der Waals surface area contributed by atoms with Gasteiger partial charge in [0.05, 0.1) is 17.1 Å². The third-order valence-electron chi connectivity index (χ3n) is 5.19. The first kappa shape index (κ1) is 24.4. The van der Waals surface area contributed by atoms with Gasteiger partial charge in [0, 0.05) is 25.3 Å². The second kappa shape index (κ2) is 11.1. The van der Waals surface area contributed by atoms with Crippen molar-refractivity contribution in [1.82, 2.24) is 9.62 Å². The van der Waals surface area contributed by atoms with Crippen molar-refractivity contribution in [1.29, 1.82) is 0 Å². The van der Waals surface area contributed by atoms with Crippen molar-refractivity contribution >= 4 is 33.5 Å². The van der Waals surface area contributed by atoms with Gasteiger partial charge in [-0.05, 0) is 61.7 Å².